The summed E-state index contributed by atoms with van der Waals surface area (Å²) in [6, 6.07) is 0.112. The minimum Gasteiger partial charge on any atom is -0.377 e. The van der Waals surface area contributed by atoms with Gasteiger partial charge in [-0.3, -0.25) is 9.69 Å². The minimum absolute atomic E-state index is 0.0754. The molecule has 2 unspecified atom stereocenters. The lowest BCUT2D eigenvalue weighted by atomic mass is 10.0. The number of rotatable bonds is 6. The molecule has 0 aromatic heterocycles. The SMILES string of the molecule is CCOC1CCCN(C(CN)CC(=O)NC(C)(C)C)C1. The van der Waals surface area contributed by atoms with Crippen molar-refractivity contribution in [3.05, 3.63) is 0 Å². The van der Waals surface area contributed by atoms with Gasteiger partial charge in [-0.15, -0.1) is 0 Å². The number of nitrogens with two attached hydrogens (primary N) is 1. The predicted molar refractivity (Wildman–Crippen MR) is 81.6 cm³/mol. The van der Waals surface area contributed by atoms with Gasteiger partial charge in [0.1, 0.15) is 0 Å². The first kappa shape index (κ1) is 17.4. The summed E-state index contributed by atoms with van der Waals surface area (Å²) in [5.74, 6) is 0.0754. The number of likely N-dealkylation sites (tertiary alicyclic amines) is 1. The topological polar surface area (TPSA) is 67.6 Å². The van der Waals surface area contributed by atoms with Crippen molar-refractivity contribution in [2.45, 2.75) is 64.6 Å². The molecule has 118 valence electrons. The fourth-order valence-corrected chi connectivity index (χ4v) is 2.71. The Kier molecular flexibility index (Phi) is 6.92. The van der Waals surface area contributed by atoms with Crippen molar-refractivity contribution in [3.8, 4) is 0 Å². The van der Waals surface area contributed by atoms with Crippen molar-refractivity contribution in [2.24, 2.45) is 5.73 Å². The van der Waals surface area contributed by atoms with Gasteiger partial charge in [-0.05, 0) is 47.1 Å². The normalized spacial score (nSPS) is 22.6. The van der Waals surface area contributed by atoms with Gasteiger partial charge in [-0.2, -0.15) is 0 Å². The van der Waals surface area contributed by atoms with Crippen molar-refractivity contribution >= 4 is 5.91 Å². The van der Waals surface area contributed by atoms with Crippen molar-refractivity contribution in [1.82, 2.24) is 10.2 Å². The van der Waals surface area contributed by atoms with Crippen LogP contribution in [0.15, 0.2) is 0 Å². The fraction of sp³-hybridized carbons (Fsp3) is 0.933. The molecular weight excluding hydrogens is 254 g/mol. The summed E-state index contributed by atoms with van der Waals surface area (Å²) < 4.78 is 5.71. The van der Waals surface area contributed by atoms with Crippen LogP contribution in [0.1, 0.15) is 47.0 Å². The number of hydrogen-bond donors (Lipinski definition) is 2. The van der Waals surface area contributed by atoms with Crippen LogP contribution in [-0.4, -0.2) is 54.7 Å². The van der Waals surface area contributed by atoms with Crippen molar-refractivity contribution in [3.63, 3.8) is 0 Å². The molecule has 3 N–H and O–H groups in total. The van der Waals surface area contributed by atoms with Crippen LogP contribution < -0.4 is 11.1 Å². The predicted octanol–water partition coefficient (Wildman–Crippen LogP) is 1.12. The monoisotopic (exact) mass is 285 g/mol. The highest BCUT2D eigenvalue weighted by atomic mass is 16.5. The van der Waals surface area contributed by atoms with E-state index in [1.807, 2.05) is 27.7 Å². The quantitative estimate of drug-likeness (QED) is 0.767. The van der Waals surface area contributed by atoms with E-state index in [1.54, 1.807) is 0 Å². The largest absolute Gasteiger partial charge is 0.377 e. The molecule has 0 spiro atoms. The zero-order valence-electron chi connectivity index (χ0n) is 13.4. The fourth-order valence-electron chi connectivity index (χ4n) is 2.71. The molecule has 0 saturated carbocycles. The van der Waals surface area contributed by atoms with Gasteiger partial charge >= 0.3 is 0 Å². The van der Waals surface area contributed by atoms with Crippen LogP contribution in [0.25, 0.3) is 0 Å². The Bertz CT molecular complexity index is 300. The van der Waals surface area contributed by atoms with Gasteiger partial charge in [0, 0.05) is 37.7 Å². The molecule has 1 aliphatic rings. The highest BCUT2D eigenvalue weighted by Gasteiger charge is 2.27. The third-order valence-corrected chi connectivity index (χ3v) is 3.54. The van der Waals surface area contributed by atoms with Crippen LogP contribution >= 0.6 is 0 Å². The lowest BCUT2D eigenvalue weighted by Crippen LogP contribution is -2.51. The molecule has 1 rings (SSSR count). The molecule has 1 saturated heterocycles. The van der Waals surface area contributed by atoms with Gasteiger partial charge in [-0.25, -0.2) is 0 Å². The van der Waals surface area contributed by atoms with E-state index < -0.39 is 0 Å². The van der Waals surface area contributed by atoms with Gasteiger partial charge in [0.15, 0.2) is 0 Å². The molecule has 20 heavy (non-hydrogen) atoms. The number of amides is 1. The molecule has 0 aliphatic carbocycles. The molecule has 1 aliphatic heterocycles. The summed E-state index contributed by atoms with van der Waals surface area (Å²) >= 11 is 0. The zero-order chi connectivity index (χ0) is 15.2. The van der Waals surface area contributed by atoms with Crippen LogP contribution in [0, 0.1) is 0 Å². The zero-order valence-corrected chi connectivity index (χ0v) is 13.4. The number of hydrogen-bond acceptors (Lipinski definition) is 4. The van der Waals surface area contributed by atoms with Crippen LogP contribution in [0.2, 0.25) is 0 Å². The molecule has 1 fully saturated rings. The smallest absolute Gasteiger partial charge is 0.222 e. The third kappa shape index (κ3) is 6.20. The average Bonchev–Trinajstić information content (AvgIpc) is 2.34. The van der Waals surface area contributed by atoms with Gasteiger partial charge in [0.2, 0.25) is 5.91 Å². The molecule has 5 nitrogen and oxygen atoms in total. The van der Waals surface area contributed by atoms with E-state index in [0.717, 1.165) is 32.5 Å². The van der Waals surface area contributed by atoms with Gasteiger partial charge in [-0.1, -0.05) is 0 Å². The first-order valence-corrected chi connectivity index (χ1v) is 7.72. The lowest BCUT2D eigenvalue weighted by Gasteiger charge is -2.37. The summed E-state index contributed by atoms with van der Waals surface area (Å²) in [6.07, 6.45) is 2.97. The molecule has 0 aromatic rings. The highest BCUT2D eigenvalue weighted by Crippen LogP contribution is 2.17. The molecule has 0 radical (unpaired) electrons. The van der Waals surface area contributed by atoms with E-state index in [1.165, 1.54) is 0 Å². The molecule has 1 amide bonds. The molecule has 2 atom stereocenters. The number of carbonyl (C=O) groups is 1. The second-order valence-electron chi connectivity index (χ2n) is 6.61. The number of nitrogens with one attached hydrogen (secondary N) is 1. The summed E-state index contributed by atoms with van der Waals surface area (Å²) in [5, 5.41) is 3.01. The Balaban J connectivity index is 2.50. The Hall–Kier alpha value is -0.650. The summed E-state index contributed by atoms with van der Waals surface area (Å²) in [5.41, 5.74) is 5.68. The van der Waals surface area contributed by atoms with Crippen LogP contribution in [0.4, 0.5) is 0 Å². The number of nitrogens with zero attached hydrogens (tertiary/aromatic N) is 1. The summed E-state index contributed by atoms with van der Waals surface area (Å²) in [4.78, 5) is 14.4. The molecular formula is C15H31N3O2. The summed E-state index contributed by atoms with van der Waals surface area (Å²) in [6.45, 7) is 11.2. The van der Waals surface area contributed by atoms with Crippen LogP contribution in [0.3, 0.4) is 0 Å². The molecule has 1 heterocycles. The van der Waals surface area contributed by atoms with Gasteiger partial charge < -0.3 is 15.8 Å². The second-order valence-corrected chi connectivity index (χ2v) is 6.61. The van der Waals surface area contributed by atoms with E-state index in [2.05, 4.69) is 10.2 Å². The van der Waals surface area contributed by atoms with Gasteiger partial charge in [0.05, 0.1) is 6.10 Å². The average molecular weight is 285 g/mol. The second kappa shape index (κ2) is 7.96. The first-order valence-electron chi connectivity index (χ1n) is 7.72. The third-order valence-electron chi connectivity index (χ3n) is 3.54. The standard InChI is InChI=1S/C15H31N3O2/c1-5-20-13-7-6-8-18(11-13)12(10-16)9-14(19)17-15(2,3)4/h12-13H,5-11,16H2,1-4H3,(H,17,19). The van der Waals surface area contributed by atoms with E-state index in [4.69, 9.17) is 10.5 Å². The van der Waals surface area contributed by atoms with E-state index in [9.17, 15) is 4.79 Å². The van der Waals surface area contributed by atoms with Crippen molar-refractivity contribution < 1.29 is 9.53 Å². The minimum atomic E-state index is -0.189. The van der Waals surface area contributed by atoms with Gasteiger partial charge in [0.25, 0.3) is 0 Å². The number of ether oxygens (including phenoxy) is 1. The Morgan fingerprint density at radius 1 is 1.50 bits per heavy atom. The first-order chi connectivity index (χ1) is 9.35. The molecule has 5 heteroatoms. The van der Waals surface area contributed by atoms with E-state index in [0.29, 0.717) is 13.0 Å². The van der Waals surface area contributed by atoms with E-state index >= 15 is 0 Å². The number of carbonyl (C=O) groups excluding carboxylic acids is 1. The van der Waals surface area contributed by atoms with Crippen molar-refractivity contribution in [2.75, 3.05) is 26.2 Å². The van der Waals surface area contributed by atoms with Crippen LogP contribution in [0.5, 0.6) is 0 Å². The Morgan fingerprint density at radius 3 is 2.75 bits per heavy atom. The number of piperidine rings is 1. The molecule has 0 aromatic carbocycles. The maximum atomic E-state index is 12.1. The van der Waals surface area contributed by atoms with E-state index in [-0.39, 0.29) is 23.6 Å². The Morgan fingerprint density at radius 2 is 2.20 bits per heavy atom. The summed E-state index contributed by atoms with van der Waals surface area (Å²) in [7, 11) is 0. The molecule has 0 bridgehead atoms. The van der Waals surface area contributed by atoms with Crippen LogP contribution in [-0.2, 0) is 9.53 Å². The maximum absolute atomic E-state index is 12.1. The Labute approximate surface area is 123 Å². The lowest BCUT2D eigenvalue weighted by molar-refractivity contribution is -0.124. The van der Waals surface area contributed by atoms with Crippen molar-refractivity contribution in [1.29, 1.82) is 0 Å². The maximum Gasteiger partial charge on any atom is 0.222 e. The highest BCUT2D eigenvalue weighted by molar-refractivity contribution is 5.77.